The molecule has 0 aliphatic carbocycles. The third kappa shape index (κ3) is 4.48. The molecule has 6 nitrogen and oxygen atoms in total. The Bertz CT molecular complexity index is 1080. The average Bonchev–Trinajstić information content (AvgIpc) is 3.33. The first-order valence-electron chi connectivity index (χ1n) is 8.64. The van der Waals surface area contributed by atoms with E-state index in [1.807, 2.05) is 36.4 Å². The van der Waals surface area contributed by atoms with Gasteiger partial charge in [0, 0.05) is 0 Å². The fourth-order valence-electron chi connectivity index (χ4n) is 2.84. The molecule has 4 aromatic rings. The first-order valence-corrected chi connectivity index (χ1v) is 9.63. The van der Waals surface area contributed by atoms with Gasteiger partial charge in [0.2, 0.25) is 0 Å². The molecule has 0 saturated heterocycles. The van der Waals surface area contributed by atoms with Crippen molar-refractivity contribution < 1.29 is 13.2 Å². The third-order valence-electron chi connectivity index (χ3n) is 4.09. The monoisotopic (exact) mass is 416 g/mol. The van der Waals surface area contributed by atoms with Crippen LogP contribution in [0.2, 0.25) is 0 Å². The molecule has 0 radical (unpaired) electrons. The molecule has 0 atom stereocenters. The van der Waals surface area contributed by atoms with Crippen molar-refractivity contribution in [3.8, 4) is 16.9 Å². The Morgan fingerprint density at radius 3 is 2.31 bits per heavy atom. The van der Waals surface area contributed by atoms with E-state index < -0.39 is 12.7 Å². The number of hydrogen-bond acceptors (Lipinski definition) is 5. The van der Waals surface area contributed by atoms with E-state index >= 15 is 0 Å². The molecular weight excluding hydrogens is 401 g/mol. The van der Waals surface area contributed by atoms with E-state index in [1.165, 1.54) is 10.8 Å². The predicted molar refractivity (Wildman–Crippen MR) is 102 cm³/mol. The van der Waals surface area contributed by atoms with Gasteiger partial charge in [-0.05, 0) is 28.1 Å². The van der Waals surface area contributed by atoms with Gasteiger partial charge in [-0.15, -0.1) is 5.10 Å². The van der Waals surface area contributed by atoms with E-state index in [-0.39, 0.29) is 10.9 Å². The molecule has 2 aromatic carbocycles. The maximum Gasteiger partial charge on any atom is 0.406 e. The zero-order chi connectivity index (χ0) is 20.3. The SMILES string of the molecule is FC(F)(F)Cn1c(-c2ccccc2)cnc1SCc1nnnn1-c1ccccc1. The second-order valence-electron chi connectivity index (χ2n) is 6.12. The Kier molecular flexibility index (Phi) is 5.34. The molecule has 0 spiro atoms. The lowest BCUT2D eigenvalue weighted by Gasteiger charge is -2.14. The van der Waals surface area contributed by atoms with Gasteiger partial charge in [-0.25, -0.2) is 4.98 Å². The van der Waals surface area contributed by atoms with Crippen LogP contribution in [-0.2, 0) is 12.3 Å². The maximum atomic E-state index is 13.2. The number of nitrogens with zero attached hydrogens (tertiary/aromatic N) is 6. The zero-order valence-corrected chi connectivity index (χ0v) is 15.8. The normalized spacial score (nSPS) is 11.7. The number of thioether (sulfide) groups is 1. The van der Waals surface area contributed by atoms with Crippen LogP contribution in [0.15, 0.2) is 72.0 Å². The molecule has 29 heavy (non-hydrogen) atoms. The maximum absolute atomic E-state index is 13.2. The first-order chi connectivity index (χ1) is 14.0. The molecule has 0 N–H and O–H groups in total. The number of rotatable bonds is 6. The summed E-state index contributed by atoms with van der Waals surface area (Å²) in [4.78, 5) is 4.23. The molecule has 0 aliphatic rings. The zero-order valence-electron chi connectivity index (χ0n) is 15.0. The Morgan fingerprint density at radius 1 is 0.931 bits per heavy atom. The highest BCUT2D eigenvalue weighted by Gasteiger charge is 2.31. The van der Waals surface area contributed by atoms with Gasteiger partial charge in [0.05, 0.1) is 23.3 Å². The summed E-state index contributed by atoms with van der Waals surface area (Å²) in [5, 5.41) is 11.9. The predicted octanol–water partition coefficient (Wildman–Crippen LogP) is 4.38. The van der Waals surface area contributed by atoms with Gasteiger partial charge in [-0.2, -0.15) is 17.9 Å². The van der Waals surface area contributed by atoms with Crippen molar-refractivity contribution in [1.29, 1.82) is 0 Å². The van der Waals surface area contributed by atoms with Crippen molar-refractivity contribution >= 4 is 11.8 Å². The van der Waals surface area contributed by atoms with Crippen LogP contribution >= 0.6 is 11.8 Å². The lowest BCUT2D eigenvalue weighted by Crippen LogP contribution is -2.19. The quantitative estimate of drug-likeness (QED) is 0.437. The summed E-state index contributed by atoms with van der Waals surface area (Å²) >= 11 is 1.16. The van der Waals surface area contributed by atoms with Crippen molar-refractivity contribution in [2.45, 2.75) is 23.6 Å². The third-order valence-corrected chi connectivity index (χ3v) is 5.08. The molecule has 4 rings (SSSR count). The largest absolute Gasteiger partial charge is 0.406 e. The summed E-state index contributed by atoms with van der Waals surface area (Å²) in [6, 6.07) is 18.2. The van der Waals surface area contributed by atoms with Crippen LogP contribution in [0.25, 0.3) is 16.9 Å². The van der Waals surface area contributed by atoms with E-state index in [0.29, 0.717) is 17.1 Å². The lowest BCUT2D eigenvalue weighted by atomic mass is 10.2. The lowest BCUT2D eigenvalue weighted by molar-refractivity contribution is -0.141. The van der Waals surface area contributed by atoms with Crippen molar-refractivity contribution in [2.24, 2.45) is 0 Å². The standard InChI is InChI=1S/C19H15F3N6S/c20-19(21,22)13-27-16(14-7-3-1-4-8-14)11-23-18(27)29-12-17-24-25-26-28(17)15-9-5-2-6-10-15/h1-11H,12-13H2. The molecule has 148 valence electrons. The molecule has 0 saturated carbocycles. The second kappa shape index (κ2) is 8.08. The van der Waals surface area contributed by atoms with E-state index in [0.717, 1.165) is 17.4 Å². The van der Waals surface area contributed by atoms with Crippen LogP contribution < -0.4 is 0 Å². The van der Waals surface area contributed by atoms with E-state index in [2.05, 4.69) is 20.5 Å². The summed E-state index contributed by atoms with van der Waals surface area (Å²) in [6.07, 6.45) is -2.91. The van der Waals surface area contributed by atoms with Gasteiger partial charge in [0.25, 0.3) is 0 Å². The second-order valence-corrected chi connectivity index (χ2v) is 7.07. The van der Waals surface area contributed by atoms with Crippen LogP contribution in [0.5, 0.6) is 0 Å². The van der Waals surface area contributed by atoms with Gasteiger partial charge in [-0.3, -0.25) is 0 Å². The van der Waals surface area contributed by atoms with Crippen LogP contribution in [0.1, 0.15) is 5.82 Å². The molecule has 2 aromatic heterocycles. The number of tetrazole rings is 1. The van der Waals surface area contributed by atoms with Gasteiger partial charge in [0.15, 0.2) is 11.0 Å². The molecule has 0 bridgehead atoms. The van der Waals surface area contributed by atoms with Gasteiger partial charge in [0.1, 0.15) is 6.54 Å². The Labute approximate surface area is 168 Å². The van der Waals surface area contributed by atoms with E-state index in [4.69, 9.17) is 0 Å². The van der Waals surface area contributed by atoms with Crippen molar-refractivity contribution in [1.82, 2.24) is 29.8 Å². The fourth-order valence-corrected chi connectivity index (χ4v) is 3.72. The van der Waals surface area contributed by atoms with Crippen LogP contribution in [-0.4, -0.2) is 35.9 Å². The highest BCUT2D eigenvalue weighted by Crippen LogP contribution is 2.31. The highest BCUT2D eigenvalue weighted by atomic mass is 32.2. The van der Waals surface area contributed by atoms with E-state index in [1.54, 1.807) is 28.9 Å². The highest BCUT2D eigenvalue weighted by molar-refractivity contribution is 7.98. The Hall–Kier alpha value is -3.14. The minimum Gasteiger partial charge on any atom is -0.310 e. The molecule has 0 aliphatic heterocycles. The first kappa shape index (κ1) is 19.2. The van der Waals surface area contributed by atoms with E-state index in [9.17, 15) is 13.2 Å². The Balaban J connectivity index is 1.62. The van der Waals surface area contributed by atoms with Gasteiger partial charge >= 0.3 is 6.18 Å². The molecule has 0 fully saturated rings. The topological polar surface area (TPSA) is 61.4 Å². The molecular formula is C19H15F3N6S. The number of aromatic nitrogens is 6. The van der Waals surface area contributed by atoms with Crippen molar-refractivity contribution in [2.75, 3.05) is 0 Å². The van der Waals surface area contributed by atoms with Crippen LogP contribution in [0.3, 0.4) is 0 Å². The summed E-state index contributed by atoms with van der Waals surface area (Å²) in [6.45, 7) is -1.12. The fraction of sp³-hybridized carbons (Fsp3) is 0.158. The summed E-state index contributed by atoms with van der Waals surface area (Å²) < 4.78 is 42.3. The van der Waals surface area contributed by atoms with Crippen LogP contribution in [0, 0.1) is 0 Å². The Morgan fingerprint density at radius 2 is 1.62 bits per heavy atom. The number of alkyl halides is 3. The minimum atomic E-state index is -4.37. The summed E-state index contributed by atoms with van der Waals surface area (Å²) in [5.74, 6) is 0.786. The number of benzene rings is 2. The minimum absolute atomic E-state index is 0.254. The van der Waals surface area contributed by atoms with Crippen LogP contribution in [0.4, 0.5) is 13.2 Å². The number of para-hydroxylation sites is 1. The van der Waals surface area contributed by atoms with Gasteiger partial charge < -0.3 is 4.57 Å². The average molecular weight is 416 g/mol. The molecule has 2 heterocycles. The van der Waals surface area contributed by atoms with Gasteiger partial charge in [-0.1, -0.05) is 60.3 Å². The summed E-state index contributed by atoms with van der Waals surface area (Å²) in [7, 11) is 0. The smallest absolute Gasteiger partial charge is 0.310 e. The number of hydrogen-bond donors (Lipinski definition) is 0. The molecule has 0 amide bonds. The number of imidazole rings is 1. The summed E-state index contributed by atoms with van der Waals surface area (Å²) in [5.41, 5.74) is 1.86. The van der Waals surface area contributed by atoms with Crippen molar-refractivity contribution in [3.63, 3.8) is 0 Å². The number of halogens is 3. The molecule has 10 heteroatoms. The van der Waals surface area contributed by atoms with Crippen molar-refractivity contribution in [3.05, 3.63) is 72.7 Å². The molecule has 0 unspecified atom stereocenters.